The molecule has 0 aromatic carbocycles. The van der Waals surface area contributed by atoms with E-state index in [1.165, 1.54) is 0 Å². The molecular formula is C9H18N2O4. The Hall–Kier alpha value is -1.40. The van der Waals surface area contributed by atoms with Crippen molar-refractivity contribution in [2.24, 2.45) is 11.5 Å². The molecule has 0 aliphatic rings. The molecule has 0 saturated heterocycles. The molecule has 1 atom stereocenters. The lowest BCUT2D eigenvalue weighted by atomic mass is 10.1. The van der Waals surface area contributed by atoms with E-state index in [0.717, 1.165) is 18.9 Å². The van der Waals surface area contributed by atoms with E-state index in [1.807, 2.05) is 0 Å². The Kier molecular flexibility index (Phi) is 11.4. The Morgan fingerprint density at radius 3 is 2.07 bits per heavy atom. The van der Waals surface area contributed by atoms with Crippen molar-refractivity contribution in [3.8, 4) is 0 Å². The Labute approximate surface area is 88.6 Å². The molecule has 0 aliphatic carbocycles. The van der Waals surface area contributed by atoms with Crippen molar-refractivity contribution in [2.75, 3.05) is 6.54 Å². The van der Waals surface area contributed by atoms with Crippen LogP contribution in [-0.2, 0) is 9.59 Å². The van der Waals surface area contributed by atoms with Crippen molar-refractivity contribution in [2.45, 2.75) is 25.3 Å². The second-order valence-corrected chi connectivity index (χ2v) is 2.77. The van der Waals surface area contributed by atoms with E-state index >= 15 is 0 Å². The predicted octanol–water partition coefficient (Wildman–Crippen LogP) is -0.216. The predicted molar refractivity (Wildman–Crippen MR) is 56.3 cm³/mol. The molecule has 0 rings (SSSR count). The maximum Gasteiger partial charge on any atom is 0.327 e. The number of rotatable bonds is 6. The molecule has 0 saturated carbocycles. The zero-order valence-corrected chi connectivity index (χ0v) is 8.56. The number of nitrogens with two attached hydrogens (primary N) is 2. The van der Waals surface area contributed by atoms with Gasteiger partial charge in [0.25, 0.3) is 0 Å². The topological polar surface area (TPSA) is 127 Å². The van der Waals surface area contributed by atoms with Gasteiger partial charge < -0.3 is 21.7 Å². The minimum atomic E-state index is -0.981. The summed E-state index contributed by atoms with van der Waals surface area (Å²) in [6.45, 7) is 3.56. The maximum absolute atomic E-state index is 10.1. The summed E-state index contributed by atoms with van der Waals surface area (Å²) in [6.07, 6.45) is 3.00. The minimum Gasteiger partial charge on any atom is -0.480 e. The van der Waals surface area contributed by atoms with Crippen LogP contribution in [0, 0.1) is 0 Å². The van der Waals surface area contributed by atoms with E-state index in [2.05, 4.69) is 6.58 Å². The standard InChI is InChI=1S/C6H14N2O2.C3H4O2/c7-4-2-1-3-5(8)6(9)10;1-2-3(4)5/h5H,1-4,7-8H2,(H,9,10);2H,1H2,(H,4,5)/t5-;/m0./s1. The first kappa shape index (κ1) is 16.0. The van der Waals surface area contributed by atoms with Crippen molar-refractivity contribution in [3.63, 3.8) is 0 Å². The van der Waals surface area contributed by atoms with Gasteiger partial charge in [-0.2, -0.15) is 0 Å². The monoisotopic (exact) mass is 218 g/mol. The highest BCUT2D eigenvalue weighted by atomic mass is 16.4. The van der Waals surface area contributed by atoms with Gasteiger partial charge in [0.1, 0.15) is 6.04 Å². The molecule has 0 radical (unpaired) electrons. The average Bonchev–Trinajstić information content (AvgIpc) is 2.18. The largest absolute Gasteiger partial charge is 0.480 e. The second-order valence-electron chi connectivity index (χ2n) is 2.77. The Bertz CT molecular complexity index is 206. The third-order valence-electron chi connectivity index (χ3n) is 1.46. The average molecular weight is 218 g/mol. The molecule has 0 bridgehead atoms. The number of carbonyl (C=O) groups is 2. The van der Waals surface area contributed by atoms with E-state index in [0.29, 0.717) is 13.0 Å². The zero-order chi connectivity index (χ0) is 12.3. The van der Waals surface area contributed by atoms with Gasteiger partial charge in [0, 0.05) is 6.08 Å². The number of carboxylic acids is 2. The van der Waals surface area contributed by atoms with Gasteiger partial charge in [-0.3, -0.25) is 4.79 Å². The quantitative estimate of drug-likeness (QED) is 0.360. The van der Waals surface area contributed by atoms with Crippen molar-refractivity contribution >= 4 is 11.9 Å². The zero-order valence-electron chi connectivity index (χ0n) is 8.56. The van der Waals surface area contributed by atoms with Gasteiger partial charge in [0.2, 0.25) is 0 Å². The Morgan fingerprint density at radius 1 is 1.33 bits per heavy atom. The van der Waals surface area contributed by atoms with Crippen LogP contribution in [0.5, 0.6) is 0 Å². The lowest BCUT2D eigenvalue weighted by molar-refractivity contribution is -0.138. The number of hydrogen-bond donors (Lipinski definition) is 4. The fraction of sp³-hybridized carbons (Fsp3) is 0.556. The Morgan fingerprint density at radius 2 is 1.80 bits per heavy atom. The third kappa shape index (κ3) is 15.4. The van der Waals surface area contributed by atoms with Crippen molar-refractivity contribution in [1.82, 2.24) is 0 Å². The highest BCUT2D eigenvalue weighted by molar-refractivity contribution is 5.78. The molecule has 0 aliphatic heterocycles. The number of aliphatic carboxylic acids is 2. The number of carboxylic acid groups (broad SMARTS) is 2. The summed E-state index contributed by atoms with van der Waals surface area (Å²) in [5.41, 5.74) is 10.4. The van der Waals surface area contributed by atoms with Crippen LogP contribution in [0.1, 0.15) is 19.3 Å². The van der Waals surface area contributed by atoms with Gasteiger partial charge in [0.15, 0.2) is 0 Å². The highest BCUT2D eigenvalue weighted by Crippen LogP contribution is 1.96. The summed E-state index contributed by atoms with van der Waals surface area (Å²) in [5, 5.41) is 15.9. The molecule has 0 aromatic rings. The second kappa shape index (κ2) is 10.7. The van der Waals surface area contributed by atoms with Crippen molar-refractivity contribution < 1.29 is 19.8 Å². The van der Waals surface area contributed by atoms with Gasteiger partial charge in [0.05, 0.1) is 0 Å². The van der Waals surface area contributed by atoms with Crippen LogP contribution in [0.3, 0.4) is 0 Å². The van der Waals surface area contributed by atoms with Crippen LogP contribution in [0.2, 0.25) is 0 Å². The van der Waals surface area contributed by atoms with Crippen LogP contribution < -0.4 is 11.5 Å². The molecular weight excluding hydrogens is 200 g/mol. The Balaban J connectivity index is 0. The molecule has 0 heterocycles. The van der Waals surface area contributed by atoms with Crippen molar-refractivity contribution in [3.05, 3.63) is 12.7 Å². The molecule has 6 N–H and O–H groups in total. The van der Waals surface area contributed by atoms with Crippen LogP contribution in [0.4, 0.5) is 0 Å². The minimum absolute atomic E-state index is 0.520. The fourth-order valence-corrected chi connectivity index (χ4v) is 0.632. The van der Waals surface area contributed by atoms with E-state index in [1.54, 1.807) is 0 Å². The van der Waals surface area contributed by atoms with Crippen LogP contribution in [0.15, 0.2) is 12.7 Å². The number of hydrogen-bond acceptors (Lipinski definition) is 4. The highest BCUT2D eigenvalue weighted by Gasteiger charge is 2.09. The lowest BCUT2D eigenvalue weighted by Gasteiger charge is -2.03. The molecule has 15 heavy (non-hydrogen) atoms. The summed E-state index contributed by atoms with van der Waals surface area (Å²) in [4.78, 5) is 19.4. The SMILES string of the molecule is C=CC(=O)O.NCCCC[C@H](N)C(=O)O. The summed E-state index contributed by atoms with van der Waals surface area (Å²) in [7, 11) is 0. The molecule has 0 aromatic heterocycles. The lowest BCUT2D eigenvalue weighted by Crippen LogP contribution is -2.29. The fourth-order valence-electron chi connectivity index (χ4n) is 0.632. The van der Waals surface area contributed by atoms with Gasteiger partial charge in [-0.1, -0.05) is 13.0 Å². The molecule has 0 fully saturated rings. The van der Waals surface area contributed by atoms with Crippen LogP contribution >= 0.6 is 0 Å². The van der Waals surface area contributed by atoms with E-state index in [4.69, 9.17) is 21.7 Å². The van der Waals surface area contributed by atoms with E-state index < -0.39 is 18.0 Å². The normalized spacial score (nSPS) is 10.8. The van der Waals surface area contributed by atoms with E-state index in [9.17, 15) is 9.59 Å². The van der Waals surface area contributed by atoms with Gasteiger partial charge in [-0.05, 0) is 19.4 Å². The molecule has 6 nitrogen and oxygen atoms in total. The smallest absolute Gasteiger partial charge is 0.327 e. The third-order valence-corrected chi connectivity index (χ3v) is 1.46. The molecule has 6 heteroatoms. The first-order valence-corrected chi connectivity index (χ1v) is 4.49. The molecule has 0 spiro atoms. The van der Waals surface area contributed by atoms with Gasteiger partial charge in [-0.15, -0.1) is 0 Å². The molecule has 0 amide bonds. The number of unbranched alkanes of at least 4 members (excludes halogenated alkanes) is 1. The molecule has 0 unspecified atom stereocenters. The summed E-state index contributed by atoms with van der Waals surface area (Å²) >= 11 is 0. The summed E-state index contributed by atoms with van der Waals surface area (Å²) in [5.74, 6) is -1.91. The first-order valence-electron chi connectivity index (χ1n) is 4.49. The van der Waals surface area contributed by atoms with Gasteiger partial charge >= 0.3 is 11.9 Å². The summed E-state index contributed by atoms with van der Waals surface area (Å²) in [6, 6.07) is -0.716. The van der Waals surface area contributed by atoms with Crippen LogP contribution in [0.25, 0.3) is 0 Å². The van der Waals surface area contributed by atoms with Crippen molar-refractivity contribution in [1.29, 1.82) is 0 Å². The van der Waals surface area contributed by atoms with Gasteiger partial charge in [-0.25, -0.2) is 4.79 Å². The molecule has 88 valence electrons. The van der Waals surface area contributed by atoms with E-state index in [-0.39, 0.29) is 0 Å². The summed E-state index contributed by atoms with van der Waals surface area (Å²) < 4.78 is 0. The first-order chi connectivity index (χ1) is 6.95. The van der Waals surface area contributed by atoms with Crippen LogP contribution in [-0.4, -0.2) is 34.7 Å². The maximum atomic E-state index is 10.1.